The third-order valence-corrected chi connectivity index (χ3v) is 1.99. The third-order valence-electron chi connectivity index (χ3n) is 1.99. The van der Waals surface area contributed by atoms with Gasteiger partial charge in [-0.1, -0.05) is 0 Å². The molecule has 0 fully saturated rings. The lowest BCUT2D eigenvalue weighted by molar-refractivity contribution is -0.161. The molecule has 1 aromatic carbocycles. The first-order valence-corrected chi connectivity index (χ1v) is 4.18. The molecular weight excluding hydrogens is 249 g/mol. The molecular formula is C9H6F5NO2. The molecule has 94 valence electrons. The summed E-state index contributed by atoms with van der Waals surface area (Å²) in [4.78, 5) is 10.3. The molecule has 1 rings (SSSR count). The van der Waals surface area contributed by atoms with E-state index in [2.05, 4.69) is 5.73 Å². The minimum Gasteiger partial charge on any atom is -0.381 e. The van der Waals surface area contributed by atoms with Crippen molar-refractivity contribution in [3.63, 3.8) is 0 Å². The van der Waals surface area contributed by atoms with Gasteiger partial charge in [-0.05, 0) is 0 Å². The van der Waals surface area contributed by atoms with E-state index in [1.807, 2.05) is 0 Å². The summed E-state index contributed by atoms with van der Waals surface area (Å²) in [5, 5.41) is 9.02. The van der Waals surface area contributed by atoms with E-state index in [0.717, 1.165) is 0 Å². The molecule has 0 radical (unpaired) electrons. The fourth-order valence-corrected chi connectivity index (χ4v) is 1.13. The van der Waals surface area contributed by atoms with Crippen molar-refractivity contribution in [3.05, 3.63) is 35.1 Å². The first-order valence-electron chi connectivity index (χ1n) is 4.18. The Labute approximate surface area is 91.6 Å². The van der Waals surface area contributed by atoms with Crippen molar-refractivity contribution >= 4 is 5.91 Å². The van der Waals surface area contributed by atoms with Gasteiger partial charge in [-0.3, -0.25) is 4.79 Å². The molecule has 1 atom stereocenters. The Kier molecular flexibility index (Phi) is 3.37. The maximum absolute atomic E-state index is 13.0. The first kappa shape index (κ1) is 13.4. The highest BCUT2D eigenvalue weighted by molar-refractivity contribution is 5.82. The summed E-state index contributed by atoms with van der Waals surface area (Å²) in [6.07, 6.45) is -3.12. The van der Waals surface area contributed by atoms with Crippen LogP contribution >= 0.6 is 0 Å². The molecule has 1 amide bonds. The predicted molar refractivity (Wildman–Crippen MR) is 45.4 cm³/mol. The average Bonchev–Trinajstić information content (AvgIpc) is 2.15. The molecule has 0 bridgehead atoms. The molecule has 0 aliphatic rings. The highest BCUT2D eigenvalue weighted by Gasteiger charge is 2.48. The van der Waals surface area contributed by atoms with Crippen LogP contribution in [0.5, 0.6) is 0 Å². The van der Waals surface area contributed by atoms with Gasteiger partial charge in [0.15, 0.2) is 6.10 Å². The highest BCUT2D eigenvalue weighted by Crippen LogP contribution is 2.34. The van der Waals surface area contributed by atoms with Gasteiger partial charge >= 0.3 is 5.92 Å². The molecule has 0 aliphatic carbocycles. The van der Waals surface area contributed by atoms with E-state index in [-0.39, 0.29) is 12.1 Å². The van der Waals surface area contributed by atoms with E-state index in [4.69, 9.17) is 5.11 Å². The number of aliphatic hydroxyl groups is 1. The van der Waals surface area contributed by atoms with Crippen LogP contribution in [0.15, 0.2) is 12.1 Å². The van der Waals surface area contributed by atoms with Crippen LogP contribution in [0.3, 0.4) is 0 Å². The Hall–Kier alpha value is -1.70. The summed E-state index contributed by atoms with van der Waals surface area (Å²) in [6.45, 7) is 0. The lowest BCUT2D eigenvalue weighted by Gasteiger charge is -2.20. The van der Waals surface area contributed by atoms with Crippen molar-refractivity contribution in [1.82, 2.24) is 0 Å². The Morgan fingerprint density at radius 2 is 1.65 bits per heavy atom. The maximum atomic E-state index is 13.0. The van der Waals surface area contributed by atoms with Gasteiger partial charge in [0.1, 0.15) is 17.5 Å². The normalized spacial score (nSPS) is 13.5. The molecule has 0 saturated heterocycles. The van der Waals surface area contributed by atoms with Gasteiger partial charge in [-0.25, -0.2) is 13.2 Å². The minimum absolute atomic E-state index is 0.0959. The van der Waals surface area contributed by atoms with Crippen molar-refractivity contribution in [2.24, 2.45) is 5.73 Å². The zero-order chi connectivity index (χ0) is 13.4. The predicted octanol–water partition coefficient (Wildman–Crippen LogP) is 1.26. The molecule has 1 unspecified atom stereocenters. The molecule has 0 saturated carbocycles. The van der Waals surface area contributed by atoms with Gasteiger partial charge in [0, 0.05) is 12.1 Å². The number of halogens is 5. The Bertz CT molecular complexity index is 440. The van der Waals surface area contributed by atoms with Crippen LogP contribution in [-0.4, -0.2) is 16.9 Å². The van der Waals surface area contributed by atoms with Crippen LogP contribution in [0.25, 0.3) is 0 Å². The lowest BCUT2D eigenvalue weighted by atomic mass is 10.0. The second kappa shape index (κ2) is 4.28. The molecule has 0 heterocycles. The van der Waals surface area contributed by atoms with E-state index >= 15 is 0 Å². The van der Waals surface area contributed by atoms with E-state index in [9.17, 15) is 26.7 Å². The fraction of sp³-hybridized carbons (Fsp3) is 0.222. The van der Waals surface area contributed by atoms with E-state index in [0.29, 0.717) is 0 Å². The molecule has 8 heteroatoms. The number of primary amides is 1. The maximum Gasteiger partial charge on any atom is 0.353 e. The Morgan fingerprint density at radius 3 is 2.00 bits per heavy atom. The number of carbonyl (C=O) groups excluding carboxylic acids is 1. The summed E-state index contributed by atoms with van der Waals surface area (Å²) in [5.41, 5.74) is 2.75. The van der Waals surface area contributed by atoms with Crippen molar-refractivity contribution in [3.8, 4) is 0 Å². The van der Waals surface area contributed by atoms with Crippen LogP contribution in [0.4, 0.5) is 22.0 Å². The number of alkyl halides is 2. The minimum atomic E-state index is -4.57. The van der Waals surface area contributed by atoms with E-state index in [1.165, 1.54) is 0 Å². The largest absolute Gasteiger partial charge is 0.381 e. The molecule has 0 aromatic heterocycles. The van der Waals surface area contributed by atoms with Crippen molar-refractivity contribution in [2.75, 3.05) is 0 Å². The molecule has 3 nitrogen and oxygen atoms in total. The number of amides is 1. The Morgan fingerprint density at radius 1 is 1.24 bits per heavy atom. The molecule has 17 heavy (non-hydrogen) atoms. The number of benzene rings is 1. The van der Waals surface area contributed by atoms with Crippen LogP contribution in [0.1, 0.15) is 11.7 Å². The zero-order valence-corrected chi connectivity index (χ0v) is 8.05. The second-order valence-corrected chi connectivity index (χ2v) is 3.17. The van der Waals surface area contributed by atoms with Crippen LogP contribution in [0.2, 0.25) is 0 Å². The van der Waals surface area contributed by atoms with Crippen LogP contribution in [-0.2, 0) is 4.79 Å². The van der Waals surface area contributed by atoms with Gasteiger partial charge < -0.3 is 10.8 Å². The van der Waals surface area contributed by atoms with Gasteiger partial charge in [-0.15, -0.1) is 0 Å². The Balaban J connectivity index is 3.31. The number of rotatable bonds is 3. The molecule has 0 spiro atoms. The summed E-state index contributed by atoms with van der Waals surface area (Å²) in [5.74, 6) is -11.7. The quantitative estimate of drug-likeness (QED) is 0.798. The molecule has 3 N–H and O–H groups in total. The molecule has 0 aliphatic heterocycles. The summed E-state index contributed by atoms with van der Waals surface area (Å²) < 4.78 is 64.4. The zero-order valence-electron chi connectivity index (χ0n) is 8.05. The summed E-state index contributed by atoms with van der Waals surface area (Å²) >= 11 is 0. The first-order chi connectivity index (χ1) is 7.67. The van der Waals surface area contributed by atoms with E-state index in [1.54, 1.807) is 0 Å². The SMILES string of the molecule is NC(=O)C(F)(F)C(O)c1c(F)cc(F)cc1F. The van der Waals surface area contributed by atoms with Gasteiger partial charge in [0.25, 0.3) is 5.91 Å². The summed E-state index contributed by atoms with van der Waals surface area (Å²) in [7, 11) is 0. The number of nitrogens with two attached hydrogens (primary N) is 1. The second-order valence-electron chi connectivity index (χ2n) is 3.17. The standard InChI is InChI=1S/C9H6F5NO2/c10-3-1-4(11)6(5(12)2-3)7(16)9(13,14)8(15)17/h1-2,7,16H,(H2,15,17). The van der Waals surface area contributed by atoms with Crippen LogP contribution < -0.4 is 5.73 Å². The van der Waals surface area contributed by atoms with Crippen molar-refractivity contribution < 1.29 is 31.9 Å². The lowest BCUT2D eigenvalue weighted by Crippen LogP contribution is -2.41. The van der Waals surface area contributed by atoms with E-state index < -0.39 is 40.9 Å². The average molecular weight is 255 g/mol. The van der Waals surface area contributed by atoms with Gasteiger partial charge in [0.05, 0.1) is 5.56 Å². The number of hydrogen-bond donors (Lipinski definition) is 2. The monoisotopic (exact) mass is 255 g/mol. The highest BCUT2D eigenvalue weighted by atomic mass is 19.3. The third kappa shape index (κ3) is 2.36. The fourth-order valence-electron chi connectivity index (χ4n) is 1.13. The topological polar surface area (TPSA) is 63.3 Å². The molecule has 1 aromatic rings. The van der Waals surface area contributed by atoms with Gasteiger partial charge in [-0.2, -0.15) is 8.78 Å². The number of hydrogen-bond acceptors (Lipinski definition) is 2. The summed E-state index contributed by atoms with van der Waals surface area (Å²) in [6, 6.07) is 0.192. The smallest absolute Gasteiger partial charge is 0.353 e. The van der Waals surface area contributed by atoms with Crippen molar-refractivity contribution in [1.29, 1.82) is 0 Å². The van der Waals surface area contributed by atoms with Gasteiger partial charge in [0.2, 0.25) is 0 Å². The number of aliphatic hydroxyl groups excluding tert-OH is 1. The van der Waals surface area contributed by atoms with Crippen molar-refractivity contribution in [2.45, 2.75) is 12.0 Å². The van der Waals surface area contributed by atoms with Crippen LogP contribution in [0, 0.1) is 17.5 Å². The number of carbonyl (C=O) groups is 1.